The van der Waals surface area contributed by atoms with Gasteiger partial charge in [-0.15, -0.1) is 0 Å². The molecule has 0 spiro atoms. The number of benzene rings is 1. The summed E-state index contributed by atoms with van der Waals surface area (Å²) in [6.07, 6.45) is 5.28. The van der Waals surface area contributed by atoms with Crippen molar-refractivity contribution in [3.8, 4) is 0 Å². The molecule has 2 nitrogen and oxygen atoms in total. The van der Waals surface area contributed by atoms with Crippen molar-refractivity contribution in [2.24, 2.45) is 0 Å². The van der Waals surface area contributed by atoms with E-state index in [4.69, 9.17) is 0 Å². The molecule has 0 radical (unpaired) electrons. The van der Waals surface area contributed by atoms with E-state index < -0.39 is 0 Å². The zero-order valence-electron chi connectivity index (χ0n) is 10.7. The van der Waals surface area contributed by atoms with E-state index in [0.717, 1.165) is 25.1 Å². The number of rotatable bonds is 6. The molecule has 18 heavy (non-hydrogen) atoms. The third-order valence-electron chi connectivity index (χ3n) is 2.82. The van der Waals surface area contributed by atoms with Gasteiger partial charge < -0.3 is 9.88 Å². The van der Waals surface area contributed by atoms with Gasteiger partial charge in [-0.2, -0.15) is 0 Å². The van der Waals surface area contributed by atoms with Crippen LogP contribution in [-0.2, 0) is 13.1 Å². The van der Waals surface area contributed by atoms with Crippen LogP contribution in [-0.4, -0.2) is 11.1 Å². The normalized spacial score (nSPS) is 10.8. The zero-order valence-corrected chi connectivity index (χ0v) is 10.7. The van der Waals surface area contributed by atoms with Crippen LogP contribution in [0.1, 0.15) is 24.5 Å². The summed E-state index contributed by atoms with van der Waals surface area (Å²) in [7, 11) is 0. The van der Waals surface area contributed by atoms with Crippen LogP contribution in [0.2, 0.25) is 0 Å². The number of nitrogens with zero attached hydrogens (tertiary/aromatic N) is 1. The van der Waals surface area contributed by atoms with Gasteiger partial charge in [-0.1, -0.05) is 19.1 Å². The summed E-state index contributed by atoms with van der Waals surface area (Å²) >= 11 is 0. The fraction of sp³-hybridized carbons (Fsp3) is 0.333. The molecule has 1 aromatic heterocycles. The molecule has 0 aliphatic heterocycles. The summed E-state index contributed by atoms with van der Waals surface area (Å²) in [6.45, 7) is 4.80. The van der Waals surface area contributed by atoms with Gasteiger partial charge in [0.25, 0.3) is 0 Å². The van der Waals surface area contributed by atoms with Crippen molar-refractivity contribution in [2.45, 2.75) is 26.4 Å². The molecule has 2 rings (SSSR count). The highest BCUT2D eigenvalue weighted by atomic mass is 19.1. The molecule has 0 bridgehead atoms. The molecule has 0 amide bonds. The second-order valence-electron chi connectivity index (χ2n) is 4.50. The first-order chi connectivity index (χ1) is 8.78. The highest BCUT2D eigenvalue weighted by Gasteiger charge is 1.99. The fourth-order valence-corrected chi connectivity index (χ4v) is 1.95. The molecule has 1 N–H and O–H groups in total. The Labute approximate surface area is 107 Å². The molecule has 0 fully saturated rings. The van der Waals surface area contributed by atoms with Gasteiger partial charge in [-0.3, -0.25) is 0 Å². The van der Waals surface area contributed by atoms with Gasteiger partial charge in [0, 0.05) is 25.5 Å². The molecule has 2 aromatic rings. The average Bonchev–Trinajstić information content (AvgIpc) is 2.77. The Morgan fingerprint density at radius 1 is 1.22 bits per heavy atom. The minimum atomic E-state index is -0.176. The number of hydrogen-bond donors (Lipinski definition) is 1. The van der Waals surface area contributed by atoms with Crippen molar-refractivity contribution in [1.29, 1.82) is 0 Å². The number of halogens is 1. The lowest BCUT2D eigenvalue weighted by molar-refractivity contribution is 0.623. The van der Waals surface area contributed by atoms with Gasteiger partial charge in [-0.25, -0.2) is 4.39 Å². The van der Waals surface area contributed by atoms with Gasteiger partial charge in [-0.05, 0) is 42.3 Å². The first-order valence-electron chi connectivity index (χ1n) is 6.37. The first-order valence-corrected chi connectivity index (χ1v) is 6.37. The maximum atomic E-state index is 13.1. The molecule has 1 heterocycles. The van der Waals surface area contributed by atoms with Gasteiger partial charge in [0.05, 0.1) is 0 Å². The quantitative estimate of drug-likeness (QED) is 0.775. The predicted octanol–water partition coefficient (Wildman–Crippen LogP) is 3.18. The number of hydrogen-bond acceptors (Lipinski definition) is 1. The Kier molecular flexibility index (Phi) is 4.53. The summed E-state index contributed by atoms with van der Waals surface area (Å²) in [5, 5.41) is 3.36. The molecule has 1 aromatic carbocycles. The topological polar surface area (TPSA) is 17.0 Å². The highest BCUT2D eigenvalue weighted by molar-refractivity contribution is 5.18. The SMILES string of the molecule is CCCNCc1ccn(Cc2cccc(F)c2)c1. The van der Waals surface area contributed by atoms with Gasteiger partial charge in [0.2, 0.25) is 0 Å². The Hall–Kier alpha value is -1.61. The van der Waals surface area contributed by atoms with E-state index in [1.165, 1.54) is 11.6 Å². The lowest BCUT2D eigenvalue weighted by Gasteiger charge is -2.03. The maximum Gasteiger partial charge on any atom is 0.123 e. The molecule has 0 unspecified atom stereocenters. The monoisotopic (exact) mass is 246 g/mol. The third-order valence-corrected chi connectivity index (χ3v) is 2.82. The summed E-state index contributed by atoms with van der Waals surface area (Å²) in [5.41, 5.74) is 2.25. The summed E-state index contributed by atoms with van der Waals surface area (Å²) in [4.78, 5) is 0. The van der Waals surface area contributed by atoms with Crippen molar-refractivity contribution < 1.29 is 4.39 Å². The second kappa shape index (κ2) is 6.36. The van der Waals surface area contributed by atoms with Gasteiger partial charge in [0.1, 0.15) is 5.82 Å². The average molecular weight is 246 g/mol. The van der Waals surface area contributed by atoms with E-state index in [2.05, 4.69) is 29.1 Å². The Balaban J connectivity index is 1.94. The molecule has 96 valence electrons. The molecular formula is C15H19FN2. The van der Waals surface area contributed by atoms with Crippen molar-refractivity contribution in [1.82, 2.24) is 9.88 Å². The van der Waals surface area contributed by atoms with Crippen molar-refractivity contribution >= 4 is 0 Å². The predicted molar refractivity (Wildman–Crippen MR) is 71.9 cm³/mol. The Morgan fingerprint density at radius 3 is 2.89 bits per heavy atom. The van der Waals surface area contributed by atoms with Crippen LogP contribution in [0.5, 0.6) is 0 Å². The fourth-order valence-electron chi connectivity index (χ4n) is 1.95. The van der Waals surface area contributed by atoms with Crippen LogP contribution in [0.15, 0.2) is 42.7 Å². The Bertz CT molecular complexity index is 491. The summed E-state index contributed by atoms with van der Waals surface area (Å²) < 4.78 is 15.1. The lowest BCUT2D eigenvalue weighted by Crippen LogP contribution is -2.13. The van der Waals surface area contributed by atoms with E-state index in [1.807, 2.05) is 12.3 Å². The summed E-state index contributed by atoms with van der Waals surface area (Å²) in [5.74, 6) is -0.176. The molecular weight excluding hydrogens is 227 g/mol. The minimum absolute atomic E-state index is 0.176. The van der Waals surface area contributed by atoms with Gasteiger partial charge in [0.15, 0.2) is 0 Å². The van der Waals surface area contributed by atoms with E-state index >= 15 is 0 Å². The van der Waals surface area contributed by atoms with Gasteiger partial charge >= 0.3 is 0 Å². The molecule has 0 aliphatic rings. The molecule has 0 saturated heterocycles. The molecule has 0 saturated carbocycles. The molecule has 0 atom stereocenters. The lowest BCUT2D eigenvalue weighted by atomic mass is 10.2. The van der Waals surface area contributed by atoms with E-state index in [9.17, 15) is 4.39 Å². The zero-order chi connectivity index (χ0) is 12.8. The standard InChI is InChI=1S/C15H19FN2/c1-2-7-17-10-14-6-8-18(12-14)11-13-4-3-5-15(16)9-13/h3-6,8-9,12,17H,2,7,10-11H2,1H3. The Morgan fingerprint density at radius 2 is 2.11 bits per heavy atom. The number of nitrogens with one attached hydrogen (secondary N) is 1. The van der Waals surface area contributed by atoms with Crippen molar-refractivity contribution in [3.63, 3.8) is 0 Å². The van der Waals surface area contributed by atoms with Crippen LogP contribution >= 0.6 is 0 Å². The minimum Gasteiger partial charge on any atom is -0.350 e. The molecule has 3 heteroatoms. The van der Waals surface area contributed by atoms with Crippen molar-refractivity contribution in [2.75, 3.05) is 6.54 Å². The van der Waals surface area contributed by atoms with Crippen LogP contribution in [0.4, 0.5) is 4.39 Å². The first kappa shape index (κ1) is 12.8. The smallest absolute Gasteiger partial charge is 0.123 e. The van der Waals surface area contributed by atoms with Crippen LogP contribution in [0, 0.1) is 5.82 Å². The van der Waals surface area contributed by atoms with Crippen LogP contribution in [0.25, 0.3) is 0 Å². The van der Waals surface area contributed by atoms with Crippen LogP contribution in [0.3, 0.4) is 0 Å². The van der Waals surface area contributed by atoms with E-state index in [1.54, 1.807) is 12.1 Å². The second-order valence-corrected chi connectivity index (χ2v) is 4.50. The largest absolute Gasteiger partial charge is 0.350 e. The molecule has 0 aliphatic carbocycles. The third kappa shape index (κ3) is 3.70. The number of aromatic nitrogens is 1. The van der Waals surface area contributed by atoms with Crippen LogP contribution < -0.4 is 5.32 Å². The highest BCUT2D eigenvalue weighted by Crippen LogP contribution is 2.08. The van der Waals surface area contributed by atoms with E-state index in [0.29, 0.717) is 6.54 Å². The van der Waals surface area contributed by atoms with Crippen molar-refractivity contribution in [3.05, 3.63) is 59.7 Å². The van der Waals surface area contributed by atoms with E-state index in [-0.39, 0.29) is 5.82 Å². The summed E-state index contributed by atoms with van der Waals surface area (Å²) in [6, 6.07) is 8.84. The maximum absolute atomic E-state index is 13.1.